The van der Waals surface area contributed by atoms with Crippen LogP contribution in [0.5, 0.6) is 11.5 Å². The van der Waals surface area contributed by atoms with Crippen LogP contribution in [0, 0.1) is 0 Å². The molecule has 6 heteroatoms. The smallest absolute Gasteiger partial charge is 0.259 e. The molecule has 0 radical (unpaired) electrons. The van der Waals surface area contributed by atoms with Gasteiger partial charge in [-0.2, -0.15) is 0 Å². The first-order valence-electron chi connectivity index (χ1n) is 11.1. The number of benzene rings is 2. The SMILES string of the molecule is CC[C@@](C)(C(=O)NC1CCCCC1)N(C(=O)c1ccc2c(c1)OCO2)c1ccccc1. The average molecular weight is 423 g/mol. The molecule has 4 rings (SSSR count). The predicted molar refractivity (Wildman–Crippen MR) is 120 cm³/mol. The van der Waals surface area contributed by atoms with Gasteiger partial charge in [-0.25, -0.2) is 0 Å². The van der Waals surface area contributed by atoms with Gasteiger partial charge in [-0.1, -0.05) is 44.4 Å². The van der Waals surface area contributed by atoms with Crippen molar-refractivity contribution in [3.63, 3.8) is 0 Å². The van der Waals surface area contributed by atoms with Gasteiger partial charge in [-0.15, -0.1) is 0 Å². The van der Waals surface area contributed by atoms with Crippen LogP contribution in [-0.2, 0) is 4.79 Å². The predicted octanol–water partition coefficient (Wildman–Crippen LogP) is 4.68. The van der Waals surface area contributed by atoms with Gasteiger partial charge in [-0.3, -0.25) is 14.5 Å². The third-order valence-electron chi connectivity index (χ3n) is 6.45. The molecular weight excluding hydrogens is 392 g/mol. The fraction of sp³-hybridized carbons (Fsp3) is 0.440. The number of anilines is 1. The number of hydrogen-bond acceptors (Lipinski definition) is 4. The second kappa shape index (κ2) is 9.00. The number of hydrogen-bond donors (Lipinski definition) is 1. The molecule has 0 unspecified atom stereocenters. The second-order valence-electron chi connectivity index (χ2n) is 8.48. The minimum atomic E-state index is -1.04. The highest BCUT2D eigenvalue weighted by atomic mass is 16.7. The molecule has 31 heavy (non-hydrogen) atoms. The van der Waals surface area contributed by atoms with E-state index in [2.05, 4.69) is 5.32 Å². The lowest BCUT2D eigenvalue weighted by molar-refractivity contribution is -0.126. The van der Waals surface area contributed by atoms with E-state index < -0.39 is 5.54 Å². The van der Waals surface area contributed by atoms with Crippen LogP contribution in [0.1, 0.15) is 62.7 Å². The molecule has 1 atom stereocenters. The highest BCUT2D eigenvalue weighted by Gasteiger charge is 2.43. The number of nitrogens with one attached hydrogen (secondary N) is 1. The normalized spacial score (nSPS) is 17.6. The quantitative estimate of drug-likeness (QED) is 0.734. The molecule has 1 aliphatic carbocycles. The molecule has 0 saturated heterocycles. The van der Waals surface area contributed by atoms with E-state index in [4.69, 9.17) is 9.47 Å². The molecular formula is C25H30N2O4. The van der Waals surface area contributed by atoms with E-state index in [9.17, 15) is 9.59 Å². The Morgan fingerprint density at radius 1 is 1.03 bits per heavy atom. The van der Waals surface area contributed by atoms with Gasteiger partial charge in [-0.05, 0) is 56.5 Å². The first-order valence-corrected chi connectivity index (χ1v) is 11.1. The van der Waals surface area contributed by atoms with E-state index in [1.54, 1.807) is 23.1 Å². The number of nitrogens with zero attached hydrogens (tertiary/aromatic N) is 1. The molecule has 0 aromatic heterocycles. The molecule has 6 nitrogen and oxygen atoms in total. The van der Waals surface area contributed by atoms with Crippen LogP contribution in [0.3, 0.4) is 0 Å². The zero-order valence-corrected chi connectivity index (χ0v) is 18.2. The van der Waals surface area contributed by atoms with Crippen LogP contribution in [0.2, 0.25) is 0 Å². The topological polar surface area (TPSA) is 67.9 Å². The van der Waals surface area contributed by atoms with Crippen LogP contribution in [0.4, 0.5) is 5.69 Å². The summed E-state index contributed by atoms with van der Waals surface area (Å²) in [6.07, 6.45) is 5.95. The Bertz CT molecular complexity index is 940. The third-order valence-corrected chi connectivity index (χ3v) is 6.45. The van der Waals surface area contributed by atoms with Crippen molar-refractivity contribution in [1.82, 2.24) is 5.32 Å². The Morgan fingerprint density at radius 2 is 1.74 bits per heavy atom. The summed E-state index contributed by atoms with van der Waals surface area (Å²) in [7, 11) is 0. The van der Waals surface area contributed by atoms with Gasteiger partial charge >= 0.3 is 0 Å². The molecule has 1 heterocycles. The van der Waals surface area contributed by atoms with E-state index in [0.29, 0.717) is 29.2 Å². The van der Waals surface area contributed by atoms with Gasteiger partial charge in [0.25, 0.3) is 5.91 Å². The molecule has 0 bridgehead atoms. The molecule has 2 aromatic carbocycles. The monoisotopic (exact) mass is 422 g/mol. The van der Waals surface area contributed by atoms with E-state index in [-0.39, 0.29) is 24.6 Å². The van der Waals surface area contributed by atoms with Crippen LogP contribution in [0.15, 0.2) is 48.5 Å². The summed E-state index contributed by atoms with van der Waals surface area (Å²) in [5, 5.41) is 3.23. The Kier molecular flexibility index (Phi) is 6.16. The minimum absolute atomic E-state index is 0.111. The summed E-state index contributed by atoms with van der Waals surface area (Å²) < 4.78 is 10.8. The van der Waals surface area contributed by atoms with E-state index in [1.165, 1.54) is 6.42 Å². The standard InChI is InChI=1S/C25H30N2O4/c1-3-25(2,24(29)26-19-10-6-4-7-11-19)27(20-12-8-5-9-13-20)23(28)18-14-15-21-22(16-18)31-17-30-21/h5,8-9,12-16,19H,3-4,6-7,10-11,17H2,1-2H3,(H,26,29)/t25-/m0/s1. The third kappa shape index (κ3) is 4.24. The second-order valence-corrected chi connectivity index (χ2v) is 8.48. The van der Waals surface area contributed by atoms with Crippen LogP contribution >= 0.6 is 0 Å². The number of rotatable bonds is 6. The molecule has 1 aliphatic heterocycles. The Morgan fingerprint density at radius 3 is 2.45 bits per heavy atom. The fourth-order valence-corrected chi connectivity index (χ4v) is 4.37. The Hall–Kier alpha value is -3.02. The largest absolute Gasteiger partial charge is 0.454 e. The maximum absolute atomic E-state index is 13.8. The lowest BCUT2D eigenvalue weighted by Crippen LogP contribution is -2.60. The minimum Gasteiger partial charge on any atom is -0.454 e. The summed E-state index contributed by atoms with van der Waals surface area (Å²) in [5.41, 5.74) is 0.109. The van der Waals surface area contributed by atoms with Crippen LogP contribution in [0.25, 0.3) is 0 Å². The van der Waals surface area contributed by atoms with Crippen LogP contribution < -0.4 is 19.7 Å². The first kappa shape index (κ1) is 21.2. The zero-order chi connectivity index (χ0) is 21.8. The Balaban J connectivity index is 1.69. The van der Waals surface area contributed by atoms with Crippen molar-refractivity contribution < 1.29 is 19.1 Å². The number of ether oxygens (including phenoxy) is 2. The lowest BCUT2D eigenvalue weighted by atomic mass is 9.90. The molecule has 1 N–H and O–H groups in total. The summed E-state index contributed by atoms with van der Waals surface area (Å²) >= 11 is 0. The maximum Gasteiger partial charge on any atom is 0.259 e. The van der Waals surface area contributed by atoms with Crippen molar-refractivity contribution in [2.75, 3.05) is 11.7 Å². The Labute approximate surface area is 183 Å². The number of fused-ring (bicyclic) bond motifs is 1. The van der Waals surface area contributed by atoms with Gasteiger partial charge in [0.1, 0.15) is 5.54 Å². The number of carbonyl (C=O) groups excluding carboxylic acids is 2. The number of amides is 2. The summed E-state index contributed by atoms with van der Waals surface area (Å²) in [5.74, 6) is 0.812. The summed E-state index contributed by atoms with van der Waals surface area (Å²) in [4.78, 5) is 29.0. The number of carbonyl (C=O) groups is 2. The van der Waals surface area contributed by atoms with Crippen molar-refractivity contribution in [2.24, 2.45) is 0 Å². The van der Waals surface area contributed by atoms with E-state index >= 15 is 0 Å². The fourth-order valence-electron chi connectivity index (χ4n) is 4.37. The highest BCUT2D eigenvalue weighted by Crippen LogP contribution is 2.35. The summed E-state index contributed by atoms with van der Waals surface area (Å²) in [6, 6.07) is 14.7. The van der Waals surface area contributed by atoms with Gasteiger partial charge in [0.05, 0.1) is 0 Å². The lowest BCUT2D eigenvalue weighted by Gasteiger charge is -2.41. The molecule has 2 aliphatic rings. The van der Waals surface area contributed by atoms with E-state index in [0.717, 1.165) is 25.7 Å². The first-order chi connectivity index (χ1) is 15.0. The van der Waals surface area contributed by atoms with Crippen molar-refractivity contribution >= 4 is 17.5 Å². The maximum atomic E-state index is 13.8. The van der Waals surface area contributed by atoms with Crippen molar-refractivity contribution in [3.8, 4) is 11.5 Å². The van der Waals surface area contributed by atoms with Crippen molar-refractivity contribution in [1.29, 1.82) is 0 Å². The summed E-state index contributed by atoms with van der Waals surface area (Å²) in [6.45, 7) is 3.94. The van der Waals surface area contributed by atoms with Gasteiger partial charge in [0, 0.05) is 17.3 Å². The average Bonchev–Trinajstić information content (AvgIpc) is 3.28. The van der Waals surface area contributed by atoms with Crippen LogP contribution in [-0.4, -0.2) is 30.2 Å². The molecule has 1 saturated carbocycles. The molecule has 2 aromatic rings. The van der Waals surface area contributed by atoms with Crippen molar-refractivity contribution in [2.45, 2.75) is 64.0 Å². The van der Waals surface area contributed by atoms with Gasteiger partial charge < -0.3 is 14.8 Å². The van der Waals surface area contributed by atoms with Gasteiger partial charge in [0.15, 0.2) is 11.5 Å². The molecule has 2 amide bonds. The molecule has 1 fully saturated rings. The zero-order valence-electron chi connectivity index (χ0n) is 18.2. The van der Waals surface area contributed by atoms with Crippen molar-refractivity contribution in [3.05, 3.63) is 54.1 Å². The highest BCUT2D eigenvalue weighted by molar-refractivity contribution is 6.11. The molecule has 164 valence electrons. The number of para-hydroxylation sites is 1. The van der Waals surface area contributed by atoms with E-state index in [1.807, 2.05) is 44.2 Å². The van der Waals surface area contributed by atoms with Gasteiger partial charge in [0.2, 0.25) is 12.7 Å². The molecule has 0 spiro atoms.